The monoisotopic (exact) mass is 314 g/mol. The summed E-state index contributed by atoms with van der Waals surface area (Å²) in [7, 11) is -3.48. The number of nitrogens with one attached hydrogen (secondary N) is 2. The van der Waals surface area contributed by atoms with Crippen LogP contribution in [-0.2, 0) is 21.3 Å². The molecule has 1 rings (SSSR count). The van der Waals surface area contributed by atoms with Crippen molar-refractivity contribution in [1.29, 1.82) is 0 Å². The molecule has 0 amide bonds. The van der Waals surface area contributed by atoms with E-state index in [0.29, 0.717) is 24.7 Å². The largest absolute Gasteiger partial charge is 0.380 e. The second-order valence-corrected chi connectivity index (χ2v) is 6.61. The molecule has 5 nitrogen and oxygen atoms in total. The van der Waals surface area contributed by atoms with Crippen LogP contribution in [-0.4, -0.2) is 34.7 Å². The summed E-state index contributed by atoms with van der Waals surface area (Å²) in [5.41, 5.74) is 1.72. The lowest BCUT2D eigenvalue weighted by atomic mass is 10.1. The van der Waals surface area contributed by atoms with Gasteiger partial charge in [0.25, 0.3) is 0 Å². The Labute approximate surface area is 128 Å². The molecular weight excluding hydrogens is 288 g/mol. The van der Waals surface area contributed by atoms with E-state index in [1.54, 1.807) is 13.0 Å². The van der Waals surface area contributed by atoms with Gasteiger partial charge in [0.1, 0.15) is 0 Å². The molecule has 120 valence electrons. The van der Waals surface area contributed by atoms with E-state index in [-0.39, 0.29) is 6.54 Å². The van der Waals surface area contributed by atoms with Crippen LogP contribution in [0.4, 0.5) is 0 Å². The maximum Gasteiger partial charge on any atom is 0.240 e. The fourth-order valence-electron chi connectivity index (χ4n) is 1.92. The summed E-state index contributed by atoms with van der Waals surface area (Å²) < 4.78 is 32.3. The van der Waals surface area contributed by atoms with Gasteiger partial charge in [-0.1, -0.05) is 19.1 Å². The van der Waals surface area contributed by atoms with Crippen molar-refractivity contribution in [3.05, 3.63) is 29.3 Å². The molecule has 2 N–H and O–H groups in total. The van der Waals surface area contributed by atoms with Crippen LogP contribution in [0.2, 0.25) is 0 Å². The molecule has 1 aromatic carbocycles. The van der Waals surface area contributed by atoms with Gasteiger partial charge >= 0.3 is 0 Å². The van der Waals surface area contributed by atoms with Crippen LogP contribution < -0.4 is 10.0 Å². The minimum absolute atomic E-state index is 0.286. The highest BCUT2D eigenvalue weighted by Crippen LogP contribution is 2.17. The summed E-state index contributed by atoms with van der Waals surface area (Å²) in [6.45, 7) is 8.63. The van der Waals surface area contributed by atoms with E-state index in [0.717, 1.165) is 24.1 Å². The SMILES string of the molecule is CCCNCc1ccc(C)c(S(=O)(=O)NCCOCC)c1. The quantitative estimate of drug-likeness (QED) is 0.646. The highest BCUT2D eigenvalue weighted by Gasteiger charge is 2.16. The number of ether oxygens (including phenoxy) is 1. The Kier molecular flexibility index (Phi) is 7.88. The first-order valence-electron chi connectivity index (χ1n) is 7.39. The Morgan fingerprint density at radius 3 is 2.62 bits per heavy atom. The summed E-state index contributed by atoms with van der Waals surface area (Å²) >= 11 is 0. The molecule has 0 saturated carbocycles. The van der Waals surface area contributed by atoms with E-state index in [1.807, 2.05) is 19.1 Å². The zero-order valence-corrected chi connectivity index (χ0v) is 13.9. The topological polar surface area (TPSA) is 67.4 Å². The maximum atomic E-state index is 12.3. The van der Waals surface area contributed by atoms with Gasteiger partial charge in [-0.2, -0.15) is 0 Å². The third-order valence-corrected chi connectivity index (χ3v) is 4.64. The van der Waals surface area contributed by atoms with Crippen LogP contribution in [0.15, 0.2) is 23.1 Å². The van der Waals surface area contributed by atoms with Gasteiger partial charge in [-0.3, -0.25) is 0 Å². The summed E-state index contributed by atoms with van der Waals surface area (Å²) in [6.07, 6.45) is 1.05. The van der Waals surface area contributed by atoms with Crippen molar-refractivity contribution in [2.45, 2.75) is 38.6 Å². The fraction of sp³-hybridized carbons (Fsp3) is 0.600. The summed E-state index contributed by atoms with van der Waals surface area (Å²) in [5, 5.41) is 3.27. The van der Waals surface area contributed by atoms with Crippen molar-refractivity contribution in [3.63, 3.8) is 0 Å². The second-order valence-electron chi connectivity index (χ2n) is 4.87. The van der Waals surface area contributed by atoms with Crippen LogP contribution >= 0.6 is 0 Å². The highest BCUT2D eigenvalue weighted by atomic mass is 32.2. The van der Waals surface area contributed by atoms with Crippen molar-refractivity contribution in [2.75, 3.05) is 26.3 Å². The van der Waals surface area contributed by atoms with Crippen molar-refractivity contribution in [2.24, 2.45) is 0 Å². The van der Waals surface area contributed by atoms with Crippen LogP contribution in [0.3, 0.4) is 0 Å². The van der Waals surface area contributed by atoms with Crippen LogP contribution in [0, 0.1) is 6.92 Å². The van der Waals surface area contributed by atoms with Gasteiger partial charge in [-0.05, 0) is 44.0 Å². The molecule has 0 radical (unpaired) electrons. The molecule has 21 heavy (non-hydrogen) atoms. The standard InChI is InChI=1S/C15H26N2O3S/c1-4-8-16-12-14-7-6-13(3)15(11-14)21(18,19)17-9-10-20-5-2/h6-7,11,16-17H,4-5,8-10,12H2,1-3H3. The Bertz CT molecular complexity index is 530. The molecule has 0 aliphatic rings. The summed E-state index contributed by atoms with van der Waals surface area (Å²) in [4.78, 5) is 0.342. The van der Waals surface area contributed by atoms with Crippen molar-refractivity contribution >= 4 is 10.0 Å². The van der Waals surface area contributed by atoms with Crippen molar-refractivity contribution < 1.29 is 13.2 Å². The molecule has 0 unspecified atom stereocenters. The number of hydrogen-bond acceptors (Lipinski definition) is 4. The number of rotatable bonds is 10. The first kappa shape index (κ1) is 18.1. The number of sulfonamides is 1. The summed E-state index contributed by atoms with van der Waals surface area (Å²) in [6, 6.07) is 5.54. The normalized spacial score (nSPS) is 11.8. The zero-order valence-electron chi connectivity index (χ0n) is 13.1. The number of hydrogen-bond donors (Lipinski definition) is 2. The van der Waals surface area contributed by atoms with Crippen LogP contribution in [0.1, 0.15) is 31.4 Å². The van der Waals surface area contributed by atoms with Gasteiger partial charge < -0.3 is 10.1 Å². The first-order valence-corrected chi connectivity index (χ1v) is 8.87. The lowest BCUT2D eigenvalue weighted by Crippen LogP contribution is -2.28. The minimum Gasteiger partial charge on any atom is -0.380 e. The van der Waals surface area contributed by atoms with E-state index in [9.17, 15) is 8.42 Å². The molecule has 0 heterocycles. The van der Waals surface area contributed by atoms with Gasteiger partial charge in [0.2, 0.25) is 10.0 Å². The van der Waals surface area contributed by atoms with Crippen molar-refractivity contribution in [3.8, 4) is 0 Å². The average molecular weight is 314 g/mol. The average Bonchev–Trinajstić information content (AvgIpc) is 2.45. The minimum atomic E-state index is -3.48. The molecule has 1 aromatic rings. The molecule has 0 bridgehead atoms. The smallest absolute Gasteiger partial charge is 0.240 e. The van der Waals surface area contributed by atoms with Gasteiger partial charge in [0, 0.05) is 19.7 Å². The molecule has 0 aromatic heterocycles. The van der Waals surface area contributed by atoms with Crippen LogP contribution in [0.25, 0.3) is 0 Å². The molecule has 0 aliphatic carbocycles. The predicted octanol–water partition coefficient (Wildman–Crippen LogP) is 1.81. The Morgan fingerprint density at radius 2 is 1.95 bits per heavy atom. The fourth-order valence-corrected chi connectivity index (χ4v) is 3.23. The lowest BCUT2D eigenvalue weighted by Gasteiger charge is -2.11. The number of aryl methyl sites for hydroxylation is 1. The van der Waals surface area contributed by atoms with E-state index in [2.05, 4.69) is 17.0 Å². The Morgan fingerprint density at radius 1 is 1.19 bits per heavy atom. The van der Waals surface area contributed by atoms with E-state index in [1.165, 1.54) is 0 Å². The first-order chi connectivity index (χ1) is 10.0. The van der Waals surface area contributed by atoms with Gasteiger partial charge in [-0.15, -0.1) is 0 Å². The maximum absolute atomic E-state index is 12.3. The van der Waals surface area contributed by atoms with Gasteiger partial charge in [0.15, 0.2) is 0 Å². The third kappa shape index (κ3) is 6.13. The molecule has 0 saturated heterocycles. The second kappa shape index (κ2) is 9.15. The van der Waals surface area contributed by atoms with Gasteiger partial charge in [-0.25, -0.2) is 13.1 Å². The predicted molar refractivity (Wildman–Crippen MR) is 84.9 cm³/mol. The third-order valence-electron chi connectivity index (χ3n) is 3.04. The molecule has 0 fully saturated rings. The molecule has 6 heteroatoms. The van der Waals surface area contributed by atoms with E-state index >= 15 is 0 Å². The van der Waals surface area contributed by atoms with E-state index < -0.39 is 10.0 Å². The summed E-state index contributed by atoms with van der Waals surface area (Å²) in [5.74, 6) is 0. The Balaban J connectivity index is 2.77. The molecule has 0 spiro atoms. The molecule has 0 atom stereocenters. The van der Waals surface area contributed by atoms with E-state index in [4.69, 9.17) is 4.74 Å². The zero-order chi connectivity index (χ0) is 15.7. The highest BCUT2D eigenvalue weighted by molar-refractivity contribution is 7.89. The van der Waals surface area contributed by atoms with Crippen molar-refractivity contribution in [1.82, 2.24) is 10.0 Å². The van der Waals surface area contributed by atoms with Crippen LogP contribution in [0.5, 0.6) is 0 Å². The van der Waals surface area contributed by atoms with Gasteiger partial charge in [0.05, 0.1) is 11.5 Å². The lowest BCUT2D eigenvalue weighted by molar-refractivity contribution is 0.153. The molecular formula is C15H26N2O3S. The molecule has 0 aliphatic heterocycles. The Hall–Kier alpha value is -0.950. The number of benzene rings is 1.